The Morgan fingerprint density at radius 1 is 1.26 bits per heavy atom. The second-order valence-electron chi connectivity index (χ2n) is 6.01. The van der Waals surface area contributed by atoms with Crippen LogP contribution in [0.4, 0.5) is 0 Å². The molecule has 2 fully saturated rings. The van der Waals surface area contributed by atoms with Crippen molar-refractivity contribution in [3.05, 3.63) is 23.8 Å². The average Bonchev–Trinajstić information content (AvgIpc) is 2.98. The van der Waals surface area contributed by atoms with Crippen LogP contribution in [0.1, 0.15) is 37.8 Å². The first-order valence-electron chi connectivity index (χ1n) is 7.30. The summed E-state index contributed by atoms with van der Waals surface area (Å²) in [4.78, 5) is 2.52. The van der Waals surface area contributed by atoms with Crippen LogP contribution in [0.2, 0.25) is 0 Å². The van der Waals surface area contributed by atoms with E-state index < -0.39 is 0 Å². The Bertz CT molecular complexity index is 448. The van der Waals surface area contributed by atoms with Gasteiger partial charge in [0.15, 0.2) is 0 Å². The molecule has 104 valence electrons. The van der Waals surface area contributed by atoms with Crippen molar-refractivity contribution in [3.8, 4) is 11.5 Å². The Morgan fingerprint density at radius 2 is 1.95 bits per heavy atom. The lowest BCUT2D eigenvalue weighted by Gasteiger charge is -2.26. The van der Waals surface area contributed by atoms with Gasteiger partial charge in [-0.3, -0.25) is 4.90 Å². The molecule has 1 aliphatic carbocycles. The number of benzene rings is 1. The fraction of sp³-hybridized carbons (Fsp3) is 0.625. The van der Waals surface area contributed by atoms with E-state index in [0.29, 0.717) is 11.5 Å². The number of phenols is 1. The number of aromatic hydroxyl groups is 1. The van der Waals surface area contributed by atoms with Crippen LogP contribution >= 0.6 is 0 Å². The highest BCUT2D eigenvalue weighted by Crippen LogP contribution is 2.42. The number of phenolic OH excluding ortho intramolecular Hbond substituents is 1. The van der Waals surface area contributed by atoms with Gasteiger partial charge in [0.05, 0.1) is 7.11 Å². The van der Waals surface area contributed by atoms with E-state index in [4.69, 9.17) is 4.74 Å². The first-order valence-corrected chi connectivity index (χ1v) is 7.30. The first-order chi connectivity index (χ1) is 9.19. The Hall–Kier alpha value is -1.22. The van der Waals surface area contributed by atoms with Crippen LogP contribution in [0.5, 0.6) is 11.5 Å². The predicted octanol–water partition coefficient (Wildman–Crippen LogP) is 3.19. The fourth-order valence-corrected chi connectivity index (χ4v) is 3.79. The molecule has 1 saturated carbocycles. The van der Waals surface area contributed by atoms with Crippen LogP contribution < -0.4 is 4.74 Å². The molecule has 1 aromatic rings. The van der Waals surface area contributed by atoms with Gasteiger partial charge in [-0.1, -0.05) is 12.5 Å². The molecule has 1 N–H and O–H groups in total. The molecule has 1 aliphatic heterocycles. The molecule has 3 heteroatoms. The summed E-state index contributed by atoms with van der Waals surface area (Å²) in [5.74, 6) is 2.85. The second kappa shape index (κ2) is 5.04. The largest absolute Gasteiger partial charge is 0.507 e. The molecule has 1 aromatic carbocycles. The average molecular weight is 261 g/mol. The summed E-state index contributed by atoms with van der Waals surface area (Å²) < 4.78 is 5.14. The summed E-state index contributed by atoms with van der Waals surface area (Å²) in [6, 6.07) is 5.93. The minimum atomic E-state index is 0.288. The molecule has 3 atom stereocenters. The Morgan fingerprint density at radius 3 is 2.53 bits per heavy atom. The van der Waals surface area contributed by atoms with Gasteiger partial charge < -0.3 is 9.84 Å². The van der Waals surface area contributed by atoms with Crippen molar-refractivity contribution >= 4 is 0 Å². The normalized spacial score (nSPS) is 28.3. The van der Waals surface area contributed by atoms with E-state index in [9.17, 15) is 5.11 Å². The van der Waals surface area contributed by atoms with E-state index in [1.54, 1.807) is 13.2 Å². The highest BCUT2D eigenvalue weighted by atomic mass is 16.5. The lowest BCUT2D eigenvalue weighted by molar-refractivity contribution is 0.237. The number of likely N-dealkylation sites (tertiary alicyclic amines) is 1. The lowest BCUT2D eigenvalue weighted by atomic mass is 10.0. The zero-order valence-corrected chi connectivity index (χ0v) is 11.8. The van der Waals surface area contributed by atoms with E-state index in [-0.39, 0.29) is 6.04 Å². The zero-order chi connectivity index (χ0) is 13.4. The highest BCUT2D eigenvalue weighted by Gasteiger charge is 2.38. The third kappa shape index (κ3) is 2.32. The van der Waals surface area contributed by atoms with E-state index in [0.717, 1.165) is 17.4 Å². The van der Waals surface area contributed by atoms with E-state index in [1.807, 2.05) is 12.1 Å². The first kappa shape index (κ1) is 12.8. The molecule has 1 heterocycles. The van der Waals surface area contributed by atoms with Gasteiger partial charge in [-0.05, 0) is 37.7 Å². The SMILES string of the molecule is COc1ccc(C(C)N2CC3CCCC3C2)c(O)c1. The van der Waals surface area contributed by atoms with Crippen LogP contribution in [0.3, 0.4) is 0 Å². The minimum Gasteiger partial charge on any atom is -0.507 e. The topological polar surface area (TPSA) is 32.7 Å². The summed E-state index contributed by atoms with van der Waals surface area (Å²) in [5.41, 5.74) is 1.01. The summed E-state index contributed by atoms with van der Waals surface area (Å²) in [6.45, 7) is 4.58. The smallest absolute Gasteiger partial charge is 0.124 e. The third-order valence-electron chi connectivity index (χ3n) is 4.99. The van der Waals surface area contributed by atoms with E-state index >= 15 is 0 Å². The number of hydrogen-bond acceptors (Lipinski definition) is 3. The highest BCUT2D eigenvalue weighted by molar-refractivity contribution is 5.41. The monoisotopic (exact) mass is 261 g/mol. The number of ether oxygens (including phenoxy) is 1. The van der Waals surface area contributed by atoms with Gasteiger partial charge in [0.1, 0.15) is 11.5 Å². The lowest BCUT2D eigenvalue weighted by Crippen LogP contribution is -2.25. The van der Waals surface area contributed by atoms with Gasteiger partial charge >= 0.3 is 0 Å². The van der Waals surface area contributed by atoms with Gasteiger partial charge in [-0.25, -0.2) is 0 Å². The molecule has 0 radical (unpaired) electrons. The second-order valence-corrected chi connectivity index (χ2v) is 6.01. The van der Waals surface area contributed by atoms with Crippen LogP contribution in [-0.2, 0) is 0 Å². The van der Waals surface area contributed by atoms with Crippen molar-refractivity contribution in [2.75, 3.05) is 20.2 Å². The minimum absolute atomic E-state index is 0.288. The maximum Gasteiger partial charge on any atom is 0.124 e. The molecule has 3 unspecified atom stereocenters. The maximum absolute atomic E-state index is 10.1. The van der Waals surface area contributed by atoms with Crippen LogP contribution in [0.25, 0.3) is 0 Å². The molecular weight excluding hydrogens is 238 g/mol. The summed E-state index contributed by atoms with van der Waals surface area (Å²) in [5, 5.41) is 10.1. The summed E-state index contributed by atoms with van der Waals surface area (Å²) in [7, 11) is 1.62. The van der Waals surface area contributed by atoms with Crippen molar-refractivity contribution in [2.45, 2.75) is 32.2 Å². The summed E-state index contributed by atoms with van der Waals surface area (Å²) >= 11 is 0. The van der Waals surface area contributed by atoms with Gasteiger partial charge in [0, 0.05) is 30.8 Å². The predicted molar refractivity (Wildman–Crippen MR) is 75.5 cm³/mol. The van der Waals surface area contributed by atoms with Crippen LogP contribution in [0.15, 0.2) is 18.2 Å². The molecule has 3 rings (SSSR count). The number of nitrogens with zero attached hydrogens (tertiary/aromatic N) is 1. The molecule has 19 heavy (non-hydrogen) atoms. The molecule has 0 bridgehead atoms. The van der Waals surface area contributed by atoms with Crippen LogP contribution in [-0.4, -0.2) is 30.2 Å². The quantitative estimate of drug-likeness (QED) is 0.907. The van der Waals surface area contributed by atoms with E-state index in [1.165, 1.54) is 32.4 Å². The molecule has 2 aliphatic rings. The van der Waals surface area contributed by atoms with Gasteiger partial charge in [-0.15, -0.1) is 0 Å². The Kier molecular flexibility index (Phi) is 3.40. The van der Waals surface area contributed by atoms with Crippen molar-refractivity contribution in [2.24, 2.45) is 11.8 Å². The molecule has 0 spiro atoms. The Labute approximate surface area is 115 Å². The summed E-state index contributed by atoms with van der Waals surface area (Å²) in [6.07, 6.45) is 4.19. The number of fused-ring (bicyclic) bond motifs is 1. The Balaban J connectivity index is 1.75. The third-order valence-corrected chi connectivity index (χ3v) is 4.99. The molecule has 0 amide bonds. The van der Waals surface area contributed by atoms with Gasteiger partial charge in [0.2, 0.25) is 0 Å². The van der Waals surface area contributed by atoms with Crippen LogP contribution in [0, 0.1) is 11.8 Å². The molecule has 3 nitrogen and oxygen atoms in total. The van der Waals surface area contributed by atoms with Crippen molar-refractivity contribution in [3.63, 3.8) is 0 Å². The van der Waals surface area contributed by atoms with Crippen molar-refractivity contribution in [1.29, 1.82) is 0 Å². The molecule has 0 aromatic heterocycles. The number of rotatable bonds is 3. The molecular formula is C16H23NO2. The fourth-order valence-electron chi connectivity index (χ4n) is 3.79. The standard InChI is InChI=1S/C16H23NO2/c1-11(15-7-6-14(19-2)8-16(15)18)17-9-12-4-3-5-13(12)10-17/h6-8,11-13,18H,3-5,9-10H2,1-2H3. The van der Waals surface area contributed by atoms with Gasteiger partial charge in [0.25, 0.3) is 0 Å². The van der Waals surface area contributed by atoms with Gasteiger partial charge in [-0.2, -0.15) is 0 Å². The zero-order valence-electron chi connectivity index (χ0n) is 11.8. The maximum atomic E-state index is 10.1. The van der Waals surface area contributed by atoms with Crippen molar-refractivity contribution in [1.82, 2.24) is 4.90 Å². The van der Waals surface area contributed by atoms with E-state index in [2.05, 4.69) is 11.8 Å². The van der Waals surface area contributed by atoms with Crippen molar-refractivity contribution < 1.29 is 9.84 Å². The molecule has 1 saturated heterocycles. The number of methoxy groups -OCH3 is 1. The number of hydrogen-bond donors (Lipinski definition) is 1.